The molecule has 1 aliphatic rings. The number of imidazole rings is 1. The predicted octanol–water partition coefficient (Wildman–Crippen LogP) is 1.97. The van der Waals surface area contributed by atoms with E-state index in [0.29, 0.717) is 15.9 Å². The normalized spacial score (nSPS) is 19.1. The topological polar surface area (TPSA) is 64.8 Å². The second kappa shape index (κ2) is 4.21. The molecule has 1 aromatic heterocycles. The van der Waals surface area contributed by atoms with Gasteiger partial charge in [0.2, 0.25) is 5.91 Å². The number of para-hydroxylation sites is 1. The summed E-state index contributed by atoms with van der Waals surface area (Å²) in [5.41, 5.74) is 2.07. The Morgan fingerprint density at radius 1 is 1.53 bits per heavy atom. The maximum Gasteiger partial charge on any atom is 0.245 e. The van der Waals surface area contributed by atoms with Crippen LogP contribution in [0.1, 0.15) is 18.0 Å². The fourth-order valence-corrected chi connectivity index (χ4v) is 2.92. The smallest absolute Gasteiger partial charge is 0.245 e. The molecule has 0 radical (unpaired) electrons. The van der Waals surface area contributed by atoms with Gasteiger partial charge in [0.15, 0.2) is 4.77 Å². The third kappa shape index (κ3) is 1.66. The largest absolute Gasteiger partial charge is 0.344 e. The first kappa shape index (κ1) is 11.9. The van der Waals surface area contributed by atoms with Crippen molar-refractivity contribution in [2.45, 2.75) is 12.5 Å². The van der Waals surface area contributed by atoms with Crippen molar-refractivity contribution in [1.29, 1.82) is 5.26 Å². The lowest BCUT2D eigenvalue weighted by atomic mass is 10.2. The summed E-state index contributed by atoms with van der Waals surface area (Å²) in [6, 6.07) is 7.30. The molecule has 0 saturated carbocycles. The molecule has 2 heterocycles. The number of benzene rings is 1. The van der Waals surface area contributed by atoms with Gasteiger partial charge in [0.25, 0.3) is 0 Å². The summed E-state index contributed by atoms with van der Waals surface area (Å²) in [6.45, 7) is 0.732. The summed E-state index contributed by atoms with van der Waals surface area (Å²) in [5.74, 6) is 0.0689. The van der Waals surface area contributed by atoms with Gasteiger partial charge in [-0.05, 0) is 30.8 Å². The molecule has 1 saturated heterocycles. The van der Waals surface area contributed by atoms with Crippen LogP contribution in [0.15, 0.2) is 18.2 Å². The Labute approximate surface area is 115 Å². The maximum atomic E-state index is 12.1. The van der Waals surface area contributed by atoms with Crippen molar-refractivity contribution < 1.29 is 4.79 Å². The van der Waals surface area contributed by atoms with Gasteiger partial charge in [-0.3, -0.25) is 4.79 Å². The highest BCUT2D eigenvalue weighted by Gasteiger charge is 2.32. The molecule has 1 N–H and O–H groups in total. The van der Waals surface area contributed by atoms with Crippen LogP contribution in [0.3, 0.4) is 0 Å². The molecule has 1 amide bonds. The van der Waals surface area contributed by atoms with Gasteiger partial charge in [0, 0.05) is 13.6 Å². The van der Waals surface area contributed by atoms with Crippen LogP contribution >= 0.6 is 12.2 Å². The molecular weight excluding hydrogens is 260 g/mol. The molecule has 1 fully saturated rings. The van der Waals surface area contributed by atoms with E-state index in [1.54, 1.807) is 18.0 Å². The highest BCUT2D eigenvalue weighted by molar-refractivity contribution is 7.71. The van der Waals surface area contributed by atoms with Crippen LogP contribution in [0, 0.1) is 16.1 Å². The number of amides is 1. The van der Waals surface area contributed by atoms with Crippen LogP contribution in [0.25, 0.3) is 11.0 Å². The Morgan fingerprint density at radius 2 is 2.32 bits per heavy atom. The number of nitrogens with one attached hydrogen (secondary N) is 1. The molecule has 5 nitrogen and oxygen atoms in total. The summed E-state index contributed by atoms with van der Waals surface area (Å²) in [5, 5.41) is 9.11. The molecule has 3 rings (SSSR count). The zero-order valence-electron chi connectivity index (χ0n) is 10.4. The molecule has 0 bridgehead atoms. The number of aromatic nitrogens is 2. The van der Waals surface area contributed by atoms with E-state index in [0.717, 1.165) is 18.5 Å². The van der Waals surface area contributed by atoms with Crippen molar-refractivity contribution in [3.8, 4) is 6.07 Å². The van der Waals surface area contributed by atoms with E-state index in [-0.39, 0.29) is 11.9 Å². The maximum absolute atomic E-state index is 12.1. The quantitative estimate of drug-likeness (QED) is 0.807. The van der Waals surface area contributed by atoms with E-state index in [1.165, 1.54) is 0 Å². The molecule has 0 aliphatic carbocycles. The van der Waals surface area contributed by atoms with E-state index in [2.05, 4.69) is 11.1 Å². The van der Waals surface area contributed by atoms with E-state index < -0.39 is 0 Å². The zero-order chi connectivity index (χ0) is 13.6. The predicted molar refractivity (Wildman–Crippen MR) is 73.1 cm³/mol. The Morgan fingerprint density at radius 3 is 2.95 bits per heavy atom. The van der Waals surface area contributed by atoms with Gasteiger partial charge in [-0.1, -0.05) is 6.07 Å². The van der Waals surface area contributed by atoms with Crippen LogP contribution in [0.4, 0.5) is 0 Å². The number of hydrogen-bond acceptors (Lipinski definition) is 3. The SMILES string of the molecule is CN1CCC(n2c(=S)[nH]c3c(C#N)cccc32)C1=O. The fraction of sp³-hybridized carbons (Fsp3) is 0.308. The number of hydrogen-bond donors (Lipinski definition) is 1. The number of aromatic amines is 1. The number of rotatable bonds is 1. The minimum atomic E-state index is -0.264. The molecule has 6 heteroatoms. The number of likely N-dealkylation sites (N-methyl/N-ethyl adjacent to an activating group) is 1. The molecular formula is C13H12N4OS. The molecule has 1 aromatic carbocycles. The molecule has 19 heavy (non-hydrogen) atoms. The van der Waals surface area contributed by atoms with Gasteiger partial charge in [0.1, 0.15) is 12.1 Å². The average molecular weight is 272 g/mol. The van der Waals surface area contributed by atoms with Crippen molar-refractivity contribution in [3.63, 3.8) is 0 Å². The minimum Gasteiger partial charge on any atom is -0.344 e. The first-order valence-corrected chi connectivity index (χ1v) is 6.42. The zero-order valence-corrected chi connectivity index (χ0v) is 11.2. The fourth-order valence-electron chi connectivity index (χ4n) is 2.59. The number of fused-ring (bicyclic) bond motifs is 1. The van der Waals surface area contributed by atoms with Crippen LogP contribution in [0.2, 0.25) is 0 Å². The van der Waals surface area contributed by atoms with Crippen molar-refractivity contribution in [3.05, 3.63) is 28.5 Å². The average Bonchev–Trinajstić information content (AvgIpc) is 2.90. The van der Waals surface area contributed by atoms with Gasteiger partial charge in [0.05, 0.1) is 16.6 Å². The number of carbonyl (C=O) groups excluding carboxylic acids is 1. The second-order valence-corrected chi connectivity index (χ2v) is 5.06. The molecule has 96 valence electrons. The van der Waals surface area contributed by atoms with Crippen molar-refractivity contribution in [2.75, 3.05) is 13.6 Å². The minimum absolute atomic E-state index is 0.0689. The van der Waals surface area contributed by atoms with Crippen LogP contribution in [-0.4, -0.2) is 34.0 Å². The van der Waals surface area contributed by atoms with Crippen molar-refractivity contribution in [2.24, 2.45) is 0 Å². The number of likely N-dealkylation sites (tertiary alicyclic amines) is 1. The highest BCUT2D eigenvalue weighted by Crippen LogP contribution is 2.28. The lowest BCUT2D eigenvalue weighted by molar-refractivity contribution is -0.129. The summed E-state index contributed by atoms with van der Waals surface area (Å²) in [7, 11) is 1.79. The summed E-state index contributed by atoms with van der Waals surface area (Å²) < 4.78 is 2.32. The molecule has 1 atom stereocenters. The Balaban J connectivity index is 2.26. The van der Waals surface area contributed by atoms with Crippen molar-refractivity contribution >= 4 is 29.2 Å². The van der Waals surface area contributed by atoms with E-state index in [1.807, 2.05) is 16.7 Å². The van der Waals surface area contributed by atoms with E-state index in [4.69, 9.17) is 17.5 Å². The van der Waals surface area contributed by atoms with Crippen LogP contribution < -0.4 is 0 Å². The lowest BCUT2D eigenvalue weighted by Gasteiger charge is -2.12. The number of H-pyrrole nitrogens is 1. The molecule has 0 spiro atoms. The lowest BCUT2D eigenvalue weighted by Crippen LogP contribution is -2.24. The van der Waals surface area contributed by atoms with Crippen molar-refractivity contribution in [1.82, 2.24) is 14.5 Å². The van der Waals surface area contributed by atoms with Gasteiger partial charge in [-0.15, -0.1) is 0 Å². The van der Waals surface area contributed by atoms with Gasteiger partial charge in [-0.2, -0.15) is 5.26 Å². The molecule has 1 unspecified atom stereocenters. The highest BCUT2D eigenvalue weighted by atomic mass is 32.1. The number of nitriles is 1. The number of nitrogens with zero attached hydrogens (tertiary/aromatic N) is 3. The second-order valence-electron chi connectivity index (χ2n) is 4.68. The summed E-state index contributed by atoms with van der Waals surface area (Å²) >= 11 is 5.32. The number of carbonyl (C=O) groups is 1. The van der Waals surface area contributed by atoms with E-state index in [9.17, 15) is 4.79 Å². The first-order chi connectivity index (χ1) is 9.13. The Kier molecular flexibility index (Phi) is 2.64. The summed E-state index contributed by atoms with van der Waals surface area (Å²) in [4.78, 5) is 16.9. The Bertz CT molecular complexity index is 767. The van der Waals surface area contributed by atoms with Crippen LogP contribution in [-0.2, 0) is 4.79 Å². The van der Waals surface area contributed by atoms with Gasteiger partial charge < -0.3 is 14.5 Å². The summed E-state index contributed by atoms with van der Waals surface area (Å²) in [6.07, 6.45) is 0.743. The molecule has 1 aliphatic heterocycles. The van der Waals surface area contributed by atoms with Gasteiger partial charge >= 0.3 is 0 Å². The first-order valence-electron chi connectivity index (χ1n) is 6.02. The third-order valence-corrected chi connectivity index (χ3v) is 3.88. The molecule has 2 aromatic rings. The Hall–Kier alpha value is -2.13. The van der Waals surface area contributed by atoms with E-state index >= 15 is 0 Å². The third-order valence-electron chi connectivity index (χ3n) is 3.58. The van der Waals surface area contributed by atoms with Crippen LogP contribution in [0.5, 0.6) is 0 Å². The monoisotopic (exact) mass is 272 g/mol. The van der Waals surface area contributed by atoms with Gasteiger partial charge in [-0.25, -0.2) is 0 Å². The standard InChI is InChI=1S/C13H12N4OS/c1-16-6-5-10(12(16)18)17-9-4-2-3-8(7-14)11(9)15-13(17)19/h2-4,10H,5-6H2,1H3,(H,15,19).